The monoisotopic (exact) mass is 392 g/mol. The molecule has 7 nitrogen and oxygen atoms in total. The summed E-state index contributed by atoms with van der Waals surface area (Å²) in [4.78, 5) is 1.88. The van der Waals surface area contributed by atoms with E-state index in [9.17, 15) is 8.42 Å². The SMILES string of the molecule is Cc1cc(C)n(C2CCN(S(=O)(=O)c3cc(-c4ccno4)sc3C)C2)n1. The van der Waals surface area contributed by atoms with E-state index in [-0.39, 0.29) is 6.04 Å². The Morgan fingerprint density at radius 1 is 1.27 bits per heavy atom. The van der Waals surface area contributed by atoms with Gasteiger partial charge in [0.1, 0.15) is 0 Å². The number of rotatable bonds is 4. The Kier molecular flexibility index (Phi) is 4.25. The van der Waals surface area contributed by atoms with Crippen LogP contribution in [0.15, 0.2) is 33.8 Å². The summed E-state index contributed by atoms with van der Waals surface area (Å²) in [5.74, 6) is 0.585. The van der Waals surface area contributed by atoms with Gasteiger partial charge in [-0.3, -0.25) is 4.68 Å². The summed E-state index contributed by atoms with van der Waals surface area (Å²) in [7, 11) is -3.55. The van der Waals surface area contributed by atoms with Gasteiger partial charge >= 0.3 is 0 Å². The first kappa shape index (κ1) is 17.4. The largest absolute Gasteiger partial charge is 0.355 e. The van der Waals surface area contributed by atoms with Gasteiger partial charge in [-0.15, -0.1) is 11.3 Å². The lowest BCUT2D eigenvalue weighted by molar-refractivity contribution is 0.428. The van der Waals surface area contributed by atoms with Crippen LogP contribution in [0.2, 0.25) is 0 Å². The third-order valence-electron chi connectivity index (χ3n) is 4.69. The zero-order chi connectivity index (χ0) is 18.5. The Hall–Kier alpha value is -1.97. The minimum Gasteiger partial charge on any atom is -0.355 e. The molecule has 3 aromatic heterocycles. The molecule has 1 aliphatic rings. The Bertz CT molecular complexity index is 1030. The Morgan fingerprint density at radius 2 is 2.08 bits per heavy atom. The molecule has 1 atom stereocenters. The quantitative estimate of drug-likeness (QED) is 0.681. The molecule has 0 aromatic carbocycles. The summed E-state index contributed by atoms with van der Waals surface area (Å²) in [5.41, 5.74) is 2.01. The molecule has 0 bridgehead atoms. The predicted octanol–water partition coefficient (Wildman–Crippen LogP) is 3.16. The maximum Gasteiger partial charge on any atom is 0.244 e. The van der Waals surface area contributed by atoms with Gasteiger partial charge in [-0.2, -0.15) is 9.40 Å². The third kappa shape index (κ3) is 2.89. The van der Waals surface area contributed by atoms with Crippen molar-refractivity contribution < 1.29 is 12.9 Å². The van der Waals surface area contributed by atoms with Gasteiger partial charge in [-0.1, -0.05) is 5.16 Å². The number of hydrogen-bond acceptors (Lipinski definition) is 6. The molecular formula is C17H20N4O3S2. The number of aromatic nitrogens is 3. The second-order valence-electron chi connectivity index (χ2n) is 6.58. The Morgan fingerprint density at radius 3 is 2.73 bits per heavy atom. The molecule has 138 valence electrons. The number of hydrogen-bond donors (Lipinski definition) is 0. The molecule has 0 amide bonds. The number of thiophene rings is 1. The Labute approximate surface area is 156 Å². The van der Waals surface area contributed by atoms with Crippen molar-refractivity contribution in [2.75, 3.05) is 13.1 Å². The highest BCUT2D eigenvalue weighted by Gasteiger charge is 2.36. The van der Waals surface area contributed by atoms with Crippen LogP contribution < -0.4 is 0 Å². The molecule has 1 fully saturated rings. The van der Waals surface area contributed by atoms with Gasteiger partial charge < -0.3 is 4.52 Å². The summed E-state index contributed by atoms with van der Waals surface area (Å²) in [6, 6.07) is 5.51. The van der Waals surface area contributed by atoms with E-state index in [2.05, 4.69) is 10.3 Å². The molecule has 1 unspecified atom stereocenters. The maximum absolute atomic E-state index is 13.2. The van der Waals surface area contributed by atoms with Crippen LogP contribution in [-0.2, 0) is 10.0 Å². The number of nitrogens with zero attached hydrogens (tertiary/aromatic N) is 4. The molecule has 0 N–H and O–H groups in total. The lowest BCUT2D eigenvalue weighted by Gasteiger charge is -2.17. The van der Waals surface area contributed by atoms with E-state index in [4.69, 9.17) is 4.52 Å². The van der Waals surface area contributed by atoms with Crippen molar-refractivity contribution in [2.45, 2.75) is 38.1 Å². The number of aryl methyl sites for hydroxylation is 3. The van der Waals surface area contributed by atoms with Crippen molar-refractivity contribution in [3.63, 3.8) is 0 Å². The summed E-state index contributed by atoms with van der Waals surface area (Å²) in [5, 5.41) is 8.21. The average Bonchev–Trinajstić information content (AvgIpc) is 3.32. The van der Waals surface area contributed by atoms with E-state index >= 15 is 0 Å². The fourth-order valence-electron chi connectivity index (χ4n) is 3.47. The summed E-state index contributed by atoms with van der Waals surface area (Å²) in [6.07, 6.45) is 2.32. The van der Waals surface area contributed by atoms with Crippen molar-refractivity contribution >= 4 is 21.4 Å². The highest BCUT2D eigenvalue weighted by atomic mass is 32.2. The normalized spacial score (nSPS) is 18.7. The summed E-state index contributed by atoms with van der Waals surface area (Å²) >= 11 is 1.40. The molecule has 1 saturated heterocycles. The highest BCUT2D eigenvalue weighted by molar-refractivity contribution is 7.89. The van der Waals surface area contributed by atoms with Gasteiger partial charge in [0, 0.05) is 29.7 Å². The van der Waals surface area contributed by atoms with E-state index in [1.807, 2.05) is 31.5 Å². The third-order valence-corrected chi connectivity index (χ3v) is 7.87. The predicted molar refractivity (Wildman–Crippen MR) is 98.7 cm³/mol. The lowest BCUT2D eigenvalue weighted by atomic mass is 10.2. The molecule has 3 aromatic rings. The van der Waals surface area contributed by atoms with Crippen molar-refractivity contribution in [2.24, 2.45) is 0 Å². The molecular weight excluding hydrogens is 372 g/mol. The smallest absolute Gasteiger partial charge is 0.244 e. The van der Waals surface area contributed by atoms with Gasteiger partial charge in [0.2, 0.25) is 10.0 Å². The molecule has 0 saturated carbocycles. The highest BCUT2D eigenvalue weighted by Crippen LogP contribution is 2.36. The van der Waals surface area contributed by atoms with E-state index in [0.717, 1.165) is 27.6 Å². The minimum absolute atomic E-state index is 0.0751. The molecule has 1 aliphatic heterocycles. The van der Waals surface area contributed by atoms with Crippen molar-refractivity contribution in [1.29, 1.82) is 0 Å². The second kappa shape index (κ2) is 6.33. The number of sulfonamides is 1. The Balaban J connectivity index is 1.61. The first-order valence-electron chi connectivity index (χ1n) is 8.40. The van der Waals surface area contributed by atoms with Crippen LogP contribution >= 0.6 is 11.3 Å². The standard InChI is InChI=1S/C17H20N4O3S2/c1-11-8-12(2)21(19-11)14-5-7-20(10-14)26(22,23)17-9-16(25-13(17)3)15-4-6-18-24-15/h4,6,8-9,14H,5,7,10H2,1-3H3. The van der Waals surface area contributed by atoms with Crippen molar-refractivity contribution in [3.05, 3.63) is 40.7 Å². The van der Waals surface area contributed by atoms with Crippen molar-refractivity contribution in [3.8, 4) is 10.6 Å². The van der Waals surface area contributed by atoms with Crippen LogP contribution in [0, 0.1) is 20.8 Å². The van der Waals surface area contributed by atoms with Crippen LogP contribution in [0.4, 0.5) is 0 Å². The zero-order valence-electron chi connectivity index (χ0n) is 14.8. The van der Waals surface area contributed by atoms with E-state index in [1.165, 1.54) is 11.3 Å². The fraction of sp³-hybridized carbons (Fsp3) is 0.412. The van der Waals surface area contributed by atoms with Crippen LogP contribution in [-0.4, -0.2) is 40.7 Å². The first-order valence-corrected chi connectivity index (χ1v) is 10.7. The molecule has 0 radical (unpaired) electrons. The van der Waals surface area contributed by atoms with Gasteiger partial charge in [-0.05, 0) is 39.3 Å². The van der Waals surface area contributed by atoms with Crippen LogP contribution in [0.3, 0.4) is 0 Å². The minimum atomic E-state index is -3.55. The topological polar surface area (TPSA) is 81.2 Å². The van der Waals surface area contributed by atoms with E-state index < -0.39 is 10.0 Å². The molecule has 9 heteroatoms. The summed E-state index contributed by atoms with van der Waals surface area (Å²) in [6.45, 7) is 6.72. The van der Waals surface area contributed by atoms with Gasteiger partial charge in [-0.25, -0.2) is 8.42 Å². The van der Waals surface area contributed by atoms with E-state index in [1.54, 1.807) is 22.6 Å². The average molecular weight is 393 g/mol. The molecule has 0 spiro atoms. The zero-order valence-corrected chi connectivity index (χ0v) is 16.5. The van der Waals surface area contributed by atoms with Gasteiger partial charge in [0.25, 0.3) is 0 Å². The van der Waals surface area contributed by atoms with Crippen molar-refractivity contribution in [1.82, 2.24) is 19.2 Å². The van der Waals surface area contributed by atoms with Crippen LogP contribution in [0.25, 0.3) is 10.6 Å². The second-order valence-corrected chi connectivity index (χ2v) is 9.75. The molecule has 4 heterocycles. The molecule has 4 rings (SSSR count). The van der Waals surface area contributed by atoms with Crippen LogP contribution in [0.5, 0.6) is 0 Å². The molecule has 0 aliphatic carbocycles. The van der Waals surface area contributed by atoms with Crippen LogP contribution in [0.1, 0.15) is 28.7 Å². The van der Waals surface area contributed by atoms with Gasteiger partial charge in [0.05, 0.1) is 27.7 Å². The molecule has 26 heavy (non-hydrogen) atoms. The van der Waals surface area contributed by atoms with Gasteiger partial charge in [0.15, 0.2) is 5.76 Å². The summed E-state index contributed by atoms with van der Waals surface area (Å²) < 4.78 is 35.0. The first-order chi connectivity index (χ1) is 12.4. The van der Waals surface area contributed by atoms with E-state index in [0.29, 0.717) is 23.7 Å². The lowest BCUT2D eigenvalue weighted by Crippen LogP contribution is -2.29. The maximum atomic E-state index is 13.2. The fourth-order valence-corrected chi connectivity index (χ4v) is 6.48.